The molecule has 1 aliphatic rings. The van der Waals surface area contributed by atoms with Crippen LogP contribution in [0, 0.1) is 0 Å². The van der Waals surface area contributed by atoms with Crippen LogP contribution in [0.4, 0.5) is 13.2 Å². The number of hydrogen-bond acceptors (Lipinski definition) is 5. The number of ether oxygens (including phenoxy) is 1. The zero-order valence-electron chi connectivity index (χ0n) is 16.3. The highest BCUT2D eigenvalue weighted by Gasteiger charge is 2.32. The number of alkyl halides is 3. The predicted molar refractivity (Wildman–Crippen MR) is 106 cm³/mol. The molecule has 7 nitrogen and oxygen atoms in total. The summed E-state index contributed by atoms with van der Waals surface area (Å²) in [5.41, 5.74) is 2.51. The van der Waals surface area contributed by atoms with E-state index in [1.807, 2.05) is 6.07 Å². The van der Waals surface area contributed by atoms with Crippen LogP contribution in [0.2, 0.25) is 0 Å². The van der Waals surface area contributed by atoms with Gasteiger partial charge in [0.05, 0.1) is 24.0 Å². The van der Waals surface area contributed by atoms with Crippen molar-refractivity contribution in [3.05, 3.63) is 60.4 Å². The molecule has 1 amide bonds. The number of nitrogens with one attached hydrogen (secondary N) is 1. The summed E-state index contributed by atoms with van der Waals surface area (Å²) in [6, 6.07) is 7.15. The first-order valence-electron chi connectivity index (χ1n) is 9.56. The van der Waals surface area contributed by atoms with Crippen molar-refractivity contribution in [2.24, 2.45) is 0 Å². The van der Waals surface area contributed by atoms with E-state index in [1.165, 1.54) is 28.9 Å². The van der Waals surface area contributed by atoms with Crippen molar-refractivity contribution in [2.75, 3.05) is 0 Å². The molecule has 3 aromatic rings. The van der Waals surface area contributed by atoms with E-state index in [0.717, 1.165) is 17.0 Å². The minimum Gasteiger partial charge on any atom is -0.406 e. The van der Waals surface area contributed by atoms with E-state index in [1.54, 1.807) is 6.20 Å². The minimum absolute atomic E-state index is 0.123. The van der Waals surface area contributed by atoms with Crippen molar-refractivity contribution in [1.29, 1.82) is 0 Å². The lowest BCUT2D eigenvalue weighted by Gasteiger charge is -2.32. The monoisotopic (exact) mass is 432 g/mol. The molecule has 1 saturated carbocycles. The van der Waals surface area contributed by atoms with Crippen molar-refractivity contribution in [1.82, 2.24) is 20.1 Å². The average molecular weight is 432 g/mol. The van der Waals surface area contributed by atoms with Gasteiger partial charge in [-0.1, -0.05) is 6.58 Å². The summed E-state index contributed by atoms with van der Waals surface area (Å²) in [6.07, 6.45) is -1.11. The molecule has 0 saturated heterocycles. The molecule has 0 radical (unpaired) electrons. The molecule has 31 heavy (non-hydrogen) atoms. The second kappa shape index (κ2) is 8.03. The van der Waals surface area contributed by atoms with Crippen LogP contribution >= 0.6 is 0 Å². The van der Waals surface area contributed by atoms with E-state index >= 15 is 0 Å². The maximum absolute atomic E-state index is 12.4. The number of carbonyl (C=O) groups is 1. The molecule has 4 rings (SSSR count). The Morgan fingerprint density at radius 1 is 1.29 bits per heavy atom. The van der Waals surface area contributed by atoms with Gasteiger partial charge in [-0.05, 0) is 60.7 Å². The second-order valence-electron chi connectivity index (χ2n) is 7.24. The topological polar surface area (TPSA) is 89.3 Å². The van der Waals surface area contributed by atoms with Gasteiger partial charge in [0.25, 0.3) is 0 Å². The highest BCUT2D eigenvalue weighted by atomic mass is 19.4. The molecule has 162 valence electrons. The van der Waals surface area contributed by atoms with Gasteiger partial charge in [0.1, 0.15) is 5.75 Å². The minimum atomic E-state index is -4.78. The van der Waals surface area contributed by atoms with Crippen molar-refractivity contribution in [2.45, 2.75) is 37.8 Å². The Hall–Kier alpha value is -3.40. The summed E-state index contributed by atoms with van der Waals surface area (Å²) >= 11 is 0. The summed E-state index contributed by atoms with van der Waals surface area (Å²) in [5, 5.41) is 17.7. The molecule has 1 aliphatic carbocycles. The highest BCUT2D eigenvalue weighted by Crippen LogP contribution is 2.40. The van der Waals surface area contributed by atoms with Crippen LogP contribution < -0.4 is 10.1 Å². The van der Waals surface area contributed by atoms with Crippen LogP contribution in [0.15, 0.2) is 49.2 Å². The molecule has 2 aromatic heterocycles. The van der Waals surface area contributed by atoms with Crippen molar-refractivity contribution >= 4 is 16.9 Å². The average Bonchev–Trinajstić information content (AvgIpc) is 3.08. The molecule has 0 bridgehead atoms. The normalized spacial score (nSPS) is 18.5. The number of amides is 1. The van der Waals surface area contributed by atoms with E-state index in [9.17, 15) is 23.1 Å². The Balaban J connectivity index is 1.76. The van der Waals surface area contributed by atoms with Gasteiger partial charge in [-0.2, -0.15) is 5.10 Å². The quantitative estimate of drug-likeness (QED) is 0.583. The third-order valence-electron chi connectivity index (χ3n) is 5.16. The van der Waals surface area contributed by atoms with Crippen LogP contribution in [0.3, 0.4) is 0 Å². The van der Waals surface area contributed by atoms with Crippen LogP contribution in [0.25, 0.3) is 16.7 Å². The number of benzene rings is 1. The Morgan fingerprint density at radius 3 is 2.61 bits per heavy atom. The first-order chi connectivity index (χ1) is 14.7. The number of hydrogen-bond donors (Lipinski definition) is 2. The molecular formula is C21H19F3N4O3. The largest absolute Gasteiger partial charge is 0.573 e. The van der Waals surface area contributed by atoms with E-state index in [2.05, 4.69) is 26.7 Å². The summed E-state index contributed by atoms with van der Waals surface area (Å²) < 4.78 is 42.7. The van der Waals surface area contributed by atoms with E-state index in [-0.39, 0.29) is 30.2 Å². The summed E-state index contributed by atoms with van der Waals surface area (Å²) in [6.45, 7) is 3.55. The van der Waals surface area contributed by atoms with Gasteiger partial charge in [0.2, 0.25) is 5.91 Å². The van der Waals surface area contributed by atoms with Gasteiger partial charge in [0.15, 0.2) is 5.65 Å². The van der Waals surface area contributed by atoms with E-state index in [0.29, 0.717) is 29.9 Å². The van der Waals surface area contributed by atoms with Crippen LogP contribution in [-0.4, -0.2) is 38.2 Å². The molecule has 0 unspecified atom stereocenters. The molecule has 1 aromatic carbocycles. The second-order valence-corrected chi connectivity index (χ2v) is 7.24. The number of aromatic nitrogens is 3. The number of halogens is 3. The number of aliphatic hydroxyl groups is 1. The molecule has 0 spiro atoms. The van der Waals surface area contributed by atoms with Crippen molar-refractivity contribution in [3.8, 4) is 11.4 Å². The summed E-state index contributed by atoms with van der Waals surface area (Å²) in [7, 11) is 0. The van der Waals surface area contributed by atoms with Crippen LogP contribution in [0.1, 0.15) is 30.0 Å². The Kier molecular flexibility index (Phi) is 5.40. The number of pyridine rings is 1. The van der Waals surface area contributed by atoms with Gasteiger partial charge in [-0.3, -0.25) is 4.79 Å². The Bertz CT molecular complexity index is 1120. The lowest BCUT2D eigenvalue weighted by atomic mass is 9.77. The van der Waals surface area contributed by atoms with Crippen LogP contribution in [-0.2, 0) is 11.3 Å². The number of fused-ring (bicyclic) bond motifs is 1. The third kappa shape index (κ3) is 4.38. The number of rotatable bonds is 6. The number of carbonyl (C=O) groups excluding carboxylic acids is 1. The third-order valence-corrected chi connectivity index (χ3v) is 5.16. The van der Waals surface area contributed by atoms with Gasteiger partial charge in [-0.25, -0.2) is 9.67 Å². The van der Waals surface area contributed by atoms with Gasteiger partial charge in [0, 0.05) is 11.6 Å². The SMILES string of the molecule is C=CC(=O)NCc1nn(-c2ccc(OC(F)(F)F)cc2)c2nccc([C@H]3C[C@@H](O)C3)c12. The van der Waals surface area contributed by atoms with Gasteiger partial charge in [-0.15, -0.1) is 13.2 Å². The zero-order chi connectivity index (χ0) is 22.2. The molecular weight excluding hydrogens is 413 g/mol. The van der Waals surface area contributed by atoms with Crippen molar-refractivity contribution in [3.63, 3.8) is 0 Å². The lowest BCUT2D eigenvalue weighted by molar-refractivity contribution is -0.274. The summed E-state index contributed by atoms with van der Waals surface area (Å²) in [4.78, 5) is 16.1. The molecule has 1 fully saturated rings. The van der Waals surface area contributed by atoms with Crippen molar-refractivity contribution < 1.29 is 27.8 Å². The lowest BCUT2D eigenvalue weighted by Crippen LogP contribution is -2.27. The highest BCUT2D eigenvalue weighted by molar-refractivity contribution is 5.88. The fourth-order valence-electron chi connectivity index (χ4n) is 3.66. The standard InChI is InChI=1S/C21H19F3N4O3/c1-2-18(30)26-11-17-19-16(12-9-14(29)10-12)7-8-25-20(19)28(27-17)13-3-5-15(6-4-13)31-21(22,23)24/h2-8,12,14,29H,1,9-11H2,(H,26,30)/t12-,14+. The van der Waals surface area contributed by atoms with Gasteiger partial charge < -0.3 is 15.2 Å². The maximum atomic E-state index is 12.4. The zero-order valence-corrected chi connectivity index (χ0v) is 16.3. The Labute approximate surface area is 175 Å². The van der Waals surface area contributed by atoms with E-state index < -0.39 is 6.36 Å². The summed E-state index contributed by atoms with van der Waals surface area (Å²) in [5.74, 6) is -0.571. The number of aliphatic hydroxyl groups excluding tert-OH is 1. The van der Waals surface area contributed by atoms with Crippen LogP contribution in [0.5, 0.6) is 5.75 Å². The smallest absolute Gasteiger partial charge is 0.406 e. The van der Waals surface area contributed by atoms with E-state index in [4.69, 9.17) is 0 Å². The molecule has 2 heterocycles. The molecule has 10 heteroatoms. The molecule has 2 N–H and O–H groups in total. The number of nitrogens with zero attached hydrogens (tertiary/aromatic N) is 3. The molecule has 0 aliphatic heterocycles. The molecule has 0 atom stereocenters. The fraction of sp³-hybridized carbons (Fsp3) is 0.286. The van der Waals surface area contributed by atoms with Gasteiger partial charge >= 0.3 is 6.36 Å². The first-order valence-corrected chi connectivity index (χ1v) is 9.56. The first kappa shape index (κ1) is 20.9. The maximum Gasteiger partial charge on any atom is 0.573 e. The Morgan fingerprint density at radius 2 is 2.00 bits per heavy atom. The predicted octanol–water partition coefficient (Wildman–Crippen LogP) is 3.36. The fourth-order valence-corrected chi connectivity index (χ4v) is 3.66.